The van der Waals surface area contributed by atoms with Gasteiger partial charge in [0, 0.05) is 12.0 Å². The monoisotopic (exact) mass is 411 g/mol. The highest BCUT2D eigenvalue weighted by molar-refractivity contribution is 7.98. The summed E-state index contributed by atoms with van der Waals surface area (Å²) in [4.78, 5) is 4.42. The van der Waals surface area contributed by atoms with Gasteiger partial charge in [0.25, 0.3) is 0 Å². The average Bonchev–Trinajstić information content (AvgIpc) is 3.49. The molecule has 0 atom stereocenters. The summed E-state index contributed by atoms with van der Waals surface area (Å²) in [5, 5.41) is 13.6. The molecule has 0 amide bonds. The largest absolute Gasteiger partial charge is 0.497 e. The average molecular weight is 411 g/mol. The molecule has 3 aromatic heterocycles. The van der Waals surface area contributed by atoms with Crippen molar-refractivity contribution >= 4 is 11.8 Å². The van der Waals surface area contributed by atoms with Crippen molar-refractivity contribution in [3.8, 4) is 17.1 Å². The molecule has 3 heterocycles. The highest BCUT2D eigenvalue weighted by Crippen LogP contribution is 2.28. The Morgan fingerprint density at radius 3 is 2.72 bits per heavy atom. The third kappa shape index (κ3) is 4.51. The number of hydrogen-bond donors (Lipinski definition) is 0. The summed E-state index contributed by atoms with van der Waals surface area (Å²) in [5.74, 6) is 4.21. The molecule has 4 rings (SSSR count). The number of ether oxygens (including phenoxy) is 1. The first-order valence-corrected chi connectivity index (χ1v) is 10.3. The van der Waals surface area contributed by atoms with Gasteiger partial charge in [0.05, 0.1) is 25.7 Å². The maximum absolute atomic E-state index is 5.54. The second kappa shape index (κ2) is 8.95. The fourth-order valence-electron chi connectivity index (χ4n) is 2.85. The summed E-state index contributed by atoms with van der Waals surface area (Å²) in [6, 6.07) is 11.5. The normalized spacial score (nSPS) is 11.1. The highest BCUT2D eigenvalue weighted by atomic mass is 32.2. The first-order valence-electron chi connectivity index (χ1n) is 9.31. The van der Waals surface area contributed by atoms with Crippen LogP contribution in [0.5, 0.6) is 5.75 Å². The molecule has 4 aromatic rings. The van der Waals surface area contributed by atoms with E-state index < -0.39 is 0 Å². The van der Waals surface area contributed by atoms with Crippen LogP contribution in [0.1, 0.15) is 30.8 Å². The topological polar surface area (TPSA) is 92.0 Å². The molecule has 1 aromatic carbocycles. The maximum atomic E-state index is 5.54. The Labute approximate surface area is 172 Å². The van der Waals surface area contributed by atoms with Crippen molar-refractivity contribution in [3.63, 3.8) is 0 Å². The van der Waals surface area contributed by atoms with Gasteiger partial charge in [0.1, 0.15) is 11.5 Å². The van der Waals surface area contributed by atoms with Crippen molar-refractivity contribution in [2.24, 2.45) is 0 Å². The Morgan fingerprint density at radius 1 is 1.14 bits per heavy atom. The van der Waals surface area contributed by atoms with Gasteiger partial charge in [0.2, 0.25) is 5.89 Å². The number of nitrogens with zero attached hydrogens (tertiary/aromatic N) is 5. The molecule has 0 spiro atoms. The van der Waals surface area contributed by atoms with Crippen molar-refractivity contribution in [1.29, 1.82) is 0 Å². The zero-order valence-electron chi connectivity index (χ0n) is 16.2. The second-order valence-corrected chi connectivity index (χ2v) is 7.29. The number of hydrogen-bond acceptors (Lipinski definition) is 8. The minimum absolute atomic E-state index is 0.522. The van der Waals surface area contributed by atoms with Gasteiger partial charge in [-0.05, 0) is 42.8 Å². The summed E-state index contributed by atoms with van der Waals surface area (Å²) in [5.41, 5.74) is 0.944. The zero-order chi connectivity index (χ0) is 20.1. The molecule has 0 saturated carbocycles. The Kier molecular flexibility index (Phi) is 5.95. The van der Waals surface area contributed by atoms with E-state index >= 15 is 0 Å². The van der Waals surface area contributed by atoms with Crippen LogP contribution in [0.25, 0.3) is 11.4 Å². The van der Waals surface area contributed by atoms with Crippen molar-refractivity contribution < 1.29 is 13.7 Å². The second-order valence-electron chi connectivity index (χ2n) is 6.34. The first-order chi connectivity index (χ1) is 14.3. The van der Waals surface area contributed by atoms with Crippen LogP contribution >= 0.6 is 11.8 Å². The van der Waals surface area contributed by atoms with E-state index in [1.165, 1.54) is 11.8 Å². The molecule has 29 heavy (non-hydrogen) atoms. The molecular weight excluding hydrogens is 390 g/mol. The Balaban J connectivity index is 1.59. The smallest absolute Gasteiger partial charge is 0.237 e. The minimum atomic E-state index is 0.522. The predicted molar refractivity (Wildman–Crippen MR) is 108 cm³/mol. The minimum Gasteiger partial charge on any atom is -0.497 e. The molecule has 8 nitrogen and oxygen atoms in total. The van der Waals surface area contributed by atoms with E-state index in [1.54, 1.807) is 13.4 Å². The molecule has 0 fully saturated rings. The van der Waals surface area contributed by atoms with Gasteiger partial charge in [-0.3, -0.25) is 4.57 Å². The lowest BCUT2D eigenvalue weighted by molar-refractivity contribution is 0.384. The summed E-state index contributed by atoms with van der Waals surface area (Å²) >= 11 is 1.50. The molecule has 0 radical (unpaired) electrons. The number of rotatable bonds is 9. The van der Waals surface area contributed by atoms with Crippen LogP contribution in [0.4, 0.5) is 0 Å². The number of aryl methyl sites for hydroxylation is 1. The van der Waals surface area contributed by atoms with Crippen molar-refractivity contribution in [2.75, 3.05) is 7.11 Å². The predicted octanol–water partition coefficient (Wildman–Crippen LogP) is 4.22. The lowest BCUT2D eigenvalue weighted by Crippen LogP contribution is -2.03. The van der Waals surface area contributed by atoms with Gasteiger partial charge >= 0.3 is 0 Å². The van der Waals surface area contributed by atoms with Gasteiger partial charge in [-0.15, -0.1) is 10.2 Å². The van der Waals surface area contributed by atoms with Crippen LogP contribution < -0.4 is 4.74 Å². The standard InChI is InChI=1S/C20H21N5O3S/c1-3-5-17-21-18(28-24-17)13-29-20-23-22-19(14-7-9-15(26-2)10-8-14)25(20)12-16-6-4-11-27-16/h4,6-11H,3,5,12-13H2,1-2H3. The third-order valence-corrected chi connectivity index (χ3v) is 5.22. The fraction of sp³-hybridized carbons (Fsp3) is 0.300. The summed E-state index contributed by atoms with van der Waals surface area (Å²) < 4.78 is 18.1. The summed E-state index contributed by atoms with van der Waals surface area (Å²) in [6.45, 7) is 2.61. The van der Waals surface area contributed by atoms with Crippen molar-refractivity contribution in [1.82, 2.24) is 24.9 Å². The van der Waals surface area contributed by atoms with Crippen LogP contribution in [0.3, 0.4) is 0 Å². The van der Waals surface area contributed by atoms with Gasteiger partial charge < -0.3 is 13.7 Å². The van der Waals surface area contributed by atoms with Crippen molar-refractivity contribution in [2.45, 2.75) is 37.2 Å². The molecule has 9 heteroatoms. The van der Waals surface area contributed by atoms with E-state index in [2.05, 4.69) is 27.3 Å². The van der Waals surface area contributed by atoms with Crippen molar-refractivity contribution in [3.05, 3.63) is 60.1 Å². The summed E-state index contributed by atoms with van der Waals surface area (Å²) in [7, 11) is 1.65. The van der Waals surface area contributed by atoms with E-state index in [9.17, 15) is 0 Å². The summed E-state index contributed by atoms with van der Waals surface area (Å²) in [6.07, 6.45) is 3.45. The van der Waals surface area contributed by atoms with E-state index in [-0.39, 0.29) is 0 Å². The molecular formula is C20H21N5O3S. The SMILES string of the molecule is CCCc1noc(CSc2nnc(-c3ccc(OC)cc3)n2Cc2ccco2)n1. The molecule has 0 bridgehead atoms. The van der Waals surface area contributed by atoms with Gasteiger partial charge in [0.15, 0.2) is 16.8 Å². The van der Waals surface area contributed by atoms with Crippen LogP contribution in [-0.2, 0) is 18.7 Å². The fourth-order valence-corrected chi connectivity index (χ4v) is 3.63. The van der Waals surface area contributed by atoms with Gasteiger partial charge in [-0.25, -0.2) is 0 Å². The lowest BCUT2D eigenvalue weighted by Gasteiger charge is -2.09. The maximum Gasteiger partial charge on any atom is 0.237 e. The molecule has 0 aliphatic heterocycles. The van der Waals surface area contributed by atoms with Crippen LogP contribution in [0.2, 0.25) is 0 Å². The van der Waals surface area contributed by atoms with Crippen LogP contribution in [-0.4, -0.2) is 32.0 Å². The molecule has 0 N–H and O–H groups in total. The molecule has 0 saturated heterocycles. The van der Waals surface area contributed by atoms with Gasteiger partial charge in [-0.2, -0.15) is 4.98 Å². The quantitative estimate of drug-likeness (QED) is 0.378. The van der Waals surface area contributed by atoms with Crippen LogP contribution in [0.15, 0.2) is 56.8 Å². The van der Waals surface area contributed by atoms with E-state index in [1.807, 2.05) is 41.0 Å². The third-order valence-electron chi connectivity index (χ3n) is 4.27. The first kappa shape index (κ1) is 19.3. The number of thioether (sulfide) groups is 1. The van der Waals surface area contributed by atoms with E-state index in [0.717, 1.165) is 46.7 Å². The van der Waals surface area contributed by atoms with Crippen LogP contribution in [0, 0.1) is 0 Å². The molecule has 150 valence electrons. The number of furan rings is 1. The molecule has 0 aliphatic rings. The Bertz CT molecular complexity index is 1040. The zero-order valence-corrected chi connectivity index (χ0v) is 17.1. The Hall–Kier alpha value is -3.07. The number of methoxy groups -OCH3 is 1. The van der Waals surface area contributed by atoms with Gasteiger partial charge in [-0.1, -0.05) is 23.8 Å². The molecule has 0 unspecified atom stereocenters. The number of aromatic nitrogens is 5. The lowest BCUT2D eigenvalue weighted by atomic mass is 10.2. The highest BCUT2D eigenvalue weighted by Gasteiger charge is 2.17. The number of benzene rings is 1. The Morgan fingerprint density at radius 2 is 2.00 bits per heavy atom. The van der Waals surface area contributed by atoms with E-state index in [4.69, 9.17) is 13.7 Å². The molecule has 0 aliphatic carbocycles. The van der Waals surface area contributed by atoms with E-state index in [0.29, 0.717) is 18.2 Å².